The Balaban J connectivity index is 1.75. The van der Waals surface area contributed by atoms with Gasteiger partial charge in [-0.15, -0.1) is 0 Å². The third kappa shape index (κ3) is 4.12. The molecule has 1 fully saturated rings. The van der Waals surface area contributed by atoms with Crippen molar-refractivity contribution in [1.29, 1.82) is 0 Å². The highest BCUT2D eigenvalue weighted by Gasteiger charge is 2.29. The molecule has 0 saturated carbocycles. The maximum atomic E-state index is 16.0. The van der Waals surface area contributed by atoms with Gasteiger partial charge in [0.15, 0.2) is 11.5 Å². The average molecular weight is 546 g/mol. The number of pyridine rings is 1. The van der Waals surface area contributed by atoms with E-state index in [-0.39, 0.29) is 34.4 Å². The van der Waals surface area contributed by atoms with Gasteiger partial charge in [0, 0.05) is 31.1 Å². The Morgan fingerprint density at radius 1 is 1.07 bits per heavy atom. The van der Waals surface area contributed by atoms with Crippen LogP contribution < -0.4 is 15.9 Å². The number of hydrogen-bond donors (Lipinski definition) is 1. The van der Waals surface area contributed by atoms with E-state index < -0.39 is 17.3 Å². The largest absolute Gasteiger partial charge is 0.464 e. The van der Waals surface area contributed by atoms with Crippen LogP contribution in [-0.2, 0) is 0 Å². The van der Waals surface area contributed by atoms with Gasteiger partial charge in [-0.25, -0.2) is 33.1 Å². The first-order valence-corrected chi connectivity index (χ1v) is 13.3. The molecule has 0 spiro atoms. The molecular weight excluding hydrogens is 516 g/mol. The van der Waals surface area contributed by atoms with Crippen LogP contribution >= 0.6 is 0 Å². The summed E-state index contributed by atoms with van der Waals surface area (Å²) in [7, 11) is 0. The fourth-order valence-electron chi connectivity index (χ4n) is 5.50. The van der Waals surface area contributed by atoms with Crippen LogP contribution in [0.1, 0.15) is 43.9 Å². The lowest BCUT2D eigenvalue weighted by molar-refractivity contribution is 0.497. The van der Waals surface area contributed by atoms with E-state index in [1.807, 2.05) is 25.7 Å². The van der Waals surface area contributed by atoms with Crippen LogP contribution in [0.5, 0.6) is 0 Å². The van der Waals surface area contributed by atoms with Gasteiger partial charge in [-0.2, -0.15) is 4.98 Å². The zero-order chi connectivity index (χ0) is 28.3. The Morgan fingerprint density at radius 3 is 2.62 bits per heavy atom. The number of nitrogens with one attached hydrogen (secondary N) is 1. The van der Waals surface area contributed by atoms with Gasteiger partial charge < -0.3 is 14.6 Å². The Morgan fingerprint density at radius 2 is 1.88 bits per heavy atom. The quantitative estimate of drug-likeness (QED) is 0.344. The molecule has 4 aromatic heterocycles. The maximum Gasteiger partial charge on any atom is 0.355 e. The molecule has 1 aromatic carbocycles. The van der Waals surface area contributed by atoms with Crippen molar-refractivity contribution in [3.05, 3.63) is 69.9 Å². The van der Waals surface area contributed by atoms with E-state index in [9.17, 15) is 4.79 Å². The fourth-order valence-corrected chi connectivity index (χ4v) is 5.50. The van der Waals surface area contributed by atoms with Crippen LogP contribution in [0.15, 0.2) is 39.7 Å². The molecule has 1 N–H and O–H groups in total. The summed E-state index contributed by atoms with van der Waals surface area (Å²) >= 11 is 0. The monoisotopic (exact) mass is 545 g/mol. The summed E-state index contributed by atoms with van der Waals surface area (Å²) in [5.74, 6) is -0.624. The predicted octanol–water partition coefficient (Wildman–Crippen LogP) is 4.80. The number of furan rings is 1. The SMILES string of the molecule is Cc1nc(C)c(-n2c(=O)nc(N3CCNC[C@@H]3C)c3cc(F)c(-c4c(F)ccc5ccoc45)nc32)c(C(C)C)n1. The highest BCUT2D eigenvalue weighted by Crippen LogP contribution is 2.36. The lowest BCUT2D eigenvalue weighted by atomic mass is 10.1. The molecule has 1 aliphatic heterocycles. The molecule has 11 heteroatoms. The number of aromatic nitrogens is 5. The summed E-state index contributed by atoms with van der Waals surface area (Å²) in [6, 6.07) is 5.75. The van der Waals surface area contributed by atoms with Gasteiger partial charge in [-0.05, 0) is 51.0 Å². The van der Waals surface area contributed by atoms with Crippen LogP contribution in [0.2, 0.25) is 0 Å². The standard InChI is InChI=1S/C29H29F2N7O2/c1-14(2)23-25(16(4)33-17(5)34-23)38-28-19(27(36-29(38)39)37-10-9-32-13-15(37)3)12-21(31)24(35-28)22-20(30)7-6-18-8-11-40-26(18)22/h6-8,11-12,14-15,32H,9-10,13H2,1-5H3/t15-/m0/s1. The van der Waals surface area contributed by atoms with Gasteiger partial charge in [0.25, 0.3) is 0 Å². The van der Waals surface area contributed by atoms with Crippen molar-refractivity contribution in [2.75, 3.05) is 24.5 Å². The molecule has 1 saturated heterocycles. The third-order valence-corrected chi connectivity index (χ3v) is 7.35. The van der Waals surface area contributed by atoms with Crippen LogP contribution in [0.4, 0.5) is 14.6 Å². The highest BCUT2D eigenvalue weighted by molar-refractivity contribution is 5.95. The van der Waals surface area contributed by atoms with E-state index in [2.05, 4.69) is 25.3 Å². The van der Waals surface area contributed by atoms with Crippen molar-refractivity contribution >= 4 is 27.8 Å². The molecule has 6 rings (SSSR count). The van der Waals surface area contributed by atoms with Crippen molar-refractivity contribution in [2.24, 2.45) is 0 Å². The lowest BCUT2D eigenvalue weighted by Crippen LogP contribution is -2.50. The van der Waals surface area contributed by atoms with Crippen molar-refractivity contribution < 1.29 is 13.2 Å². The molecule has 1 atom stereocenters. The lowest BCUT2D eigenvalue weighted by Gasteiger charge is -2.35. The molecule has 5 heterocycles. The molecule has 0 amide bonds. The Kier molecular flexibility index (Phi) is 6.33. The fraction of sp³-hybridized carbons (Fsp3) is 0.345. The Labute approximate surface area is 228 Å². The molecule has 0 unspecified atom stereocenters. The molecule has 1 aliphatic rings. The van der Waals surface area contributed by atoms with E-state index in [0.29, 0.717) is 59.1 Å². The Hall–Kier alpha value is -4.25. The average Bonchev–Trinajstić information content (AvgIpc) is 3.38. The van der Waals surface area contributed by atoms with Crippen LogP contribution in [0, 0.1) is 25.5 Å². The second-order valence-corrected chi connectivity index (χ2v) is 10.5. The smallest absolute Gasteiger partial charge is 0.355 e. The highest BCUT2D eigenvalue weighted by atomic mass is 19.1. The van der Waals surface area contributed by atoms with Crippen molar-refractivity contribution in [3.8, 4) is 16.9 Å². The van der Waals surface area contributed by atoms with Gasteiger partial charge in [0.05, 0.1) is 34.3 Å². The summed E-state index contributed by atoms with van der Waals surface area (Å²) in [6.45, 7) is 11.4. The first-order valence-electron chi connectivity index (χ1n) is 13.3. The summed E-state index contributed by atoms with van der Waals surface area (Å²) in [4.78, 5) is 34.2. The number of piperazine rings is 1. The first-order chi connectivity index (χ1) is 19.2. The van der Waals surface area contributed by atoms with E-state index in [1.165, 1.54) is 23.0 Å². The molecule has 40 heavy (non-hydrogen) atoms. The maximum absolute atomic E-state index is 16.0. The predicted molar refractivity (Wildman–Crippen MR) is 149 cm³/mol. The second-order valence-electron chi connectivity index (χ2n) is 10.5. The second kappa shape index (κ2) is 9.74. The number of anilines is 1. The van der Waals surface area contributed by atoms with Gasteiger partial charge in [0.1, 0.15) is 28.7 Å². The summed E-state index contributed by atoms with van der Waals surface area (Å²) in [5, 5.41) is 4.25. The number of fused-ring (bicyclic) bond motifs is 2. The van der Waals surface area contributed by atoms with Gasteiger partial charge >= 0.3 is 5.69 Å². The first kappa shape index (κ1) is 26.0. The number of hydrogen-bond acceptors (Lipinski definition) is 8. The minimum atomic E-state index is -0.757. The van der Waals surface area contributed by atoms with E-state index in [1.54, 1.807) is 26.0 Å². The molecule has 0 aliphatic carbocycles. The zero-order valence-corrected chi connectivity index (χ0v) is 22.9. The summed E-state index contributed by atoms with van der Waals surface area (Å²) in [6.07, 6.45) is 1.41. The van der Waals surface area contributed by atoms with Gasteiger partial charge in [-0.3, -0.25) is 0 Å². The van der Waals surface area contributed by atoms with Crippen molar-refractivity contribution in [3.63, 3.8) is 0 Å². The number of nitrogens with zero attached hydrogens (tertiary/aromatic N) is 6. The zero-order valence-electron chi connectivity index (χ0n) is 22.9. The number of aryl methyl sites for hydroxylation is 2. The molecule has 5 aromatic rings. The topological polar surface area (TPSA) is 102 Å². The van der Waals surface area contributed by atoms with Crippen molar-refractivity contribution in [1.82, 2.24) is 29.8 Å². The molecule has 0 bridgehead atoms. The van der Waals surface area contributed by atoms with Crippen molar-refractivity contribution in [2.45, 2.75) is 46.6 Å². The normalized spacial score (nSPS) is 16.0. The number of rotatable bonds is 4. The Bertz CT molecular complexity index is 1850. The number of halogens is 2. The minimum Gasteiger partial charge on any atom is -0.464 e. The molecule has 206 valence electrons. The summed E-state index contributed by atoms with van der Waals surface area (Å²) in [5.41, 5.74) is 0.941. The van der Waals surface area contributed by atoms with E-state index in [4.69, 9.17) is 4.42 Å². The molecule has 0 radical (unpaired) electrons. The van der Waals surface area contributed by atoms with Crippen LogP contribution in [0.25, 0.3) is 38.9 Å². The van der Waals surface area contributed by atoms with Gasteiger partial charge in [-0.1, -0.05) is 13.8 Å². The van der Waals surface area contributed by atoms with E-state index in [0.717, 1.165) is 0 Å². The van der Waals surface area contributed by atoms with Crippen LogP contribution in [0.3, 0.4) is 0 Å². The molecule has 9 nitrogen and oxygen atoms in total. The van der Waals surface area contributed by atoms with Gasteiger partial charge in [0.2, 0.25) is 0 Å². The number of benzene rings is 1. The third-order valence-electron chi connectivity index (χ3n) is 7.35. The summed E-state index contributed by atoms with van der Waals surface area (Å²) < 4.78 is 38.2. The minimum absolute atomic E-state index is 0.00702. The molecular formula is C29H29F2N7O2. The van der Waals surface area contributed by atoms with Crippen LogP contribution in [-0.4, -0.2) is 50.2 Å². The van der Waals surface area contributed by atoms with E-state index >= 15 is 8.78 Å².